The molecule has 2 fully saturated rings. The summed E-state index contributed by atoms with van der Waals surface area (Å²) in [6.45, 7) is 0.590. The van der Waals surface area contributed by atoms with Gasteiger partial charge in [0, 0.05) is 19.8 Å². The lowest BCUT2D eigenvalue weighted by Crippen LogP contribution is -2.55. The van der Waals surface area contributed by atoms with E-state index in [1.807, 2.05) is 7.05 Å². The maximum absolute atomic E-state index is 12.4. The molecule has 0 bridgehead atoms. The van der Waals surface area contributed by atoms with Crippen molar-refractivity contribution in [3.63, 3.8) is 0 Å². The Labute approximate surface area is 123 Å². The predicted octanol–water partition coefficient (Wildman–Crippen LogP) is -0.0869. The van der Waals surface area contributed by atoms with Crippen molar-refractivity contribution in [2.45, 2.75) is 43.7 Å². The molecule has 1 aromatic rings. The maximum Gasteiger partial charge on any atom is 0.249 e. The minimum absolute atomic E-state index is 0.0852. The number of nitrogens with zero attached hydrogens (tertiary/aromatic N) is 3. The highest BCUT2D eigenvalue weighted by Crippen LogP contribution is 2.28. The second-order valence-corrected chi connectivity index (χ2v) is 6.04. The van der Waals surface area contributed by atoms with Crippen molar-refractivity contribution in [2.24, 2.45) is 12.8 Å². The number of carbonyl (C=O) groups is 2. The van der Waals surface area contributed by atoms with Gasteiger partial charge in [0.05, 0.1) is 17.4 Å². The number of rotatable bonds is 3. The molecule has 0 radical (unpaired) electrons. The number of hydrogen-bond donors (Lipinski definition) is 2. The molecule has 1 aliphatic carbocycles. The molecule has 7 heteroatoms. The molecule has 1 atom stereocenters. The quantitative estimate of drug-likeness (QED) is 0.814. The lowest BCUT2D eigenvalue weighted by molar-refractivity contribution is -0.130. The van der Waals surface area contributed by atoms with Crippen molar-refractivity contribution in [1.82, 2.24) is 15.1 Å². The van der Waals surface area contributed by atoms with Gasteiger partial charge in [-0.05, 0) is 19.3 Å². The van der Waals surface area contributed by atoms with Crippen LogP contribution < -0.4 is 16.0 Å². The highest BCUT2D eigenvalue weighted by Gasteiger charge is 2.41. The molecule has 0 aromatic carbocycles. The van der Waals surface area contributed by atoms with Crippen molar-refractivity contribution in [3.8, 4) is 0 Å². The summed E-state index contributed by atoms with van der Waals surface area (Å²) >= 11 is 0. The van der Waals surface area contributed by atoms with Gasteiger partial charge in [-0.3, -0.25) is 14.3 Å². The summed E-state index contributed by atoms with van der Waals surface area (Å²) in [5.74, 6) is -0.274. The van der Waals surface area contributed by atoms with Gasteiger partial charge in [0.2, 0.25) is 11.8 Å². The van der Waals surface area contributed by atoms with Crippen LogP contribution in [0, 0.1) is 0 Å². The van der Waals surface area contributed by atoms with E-state index in [4.69, 9.17) is 5.73 Å². The first-order chi connectivity index (χ1) is 9.99. The first kappa shape index (κ1) is 14.1. The zero-order chi connectivity index (χ0) is 15.0. The van der Waals surface area contributed by atoms with Gasteiger partial charge >= 0.3 is 0 Å². The molecule has 21 heavy (non-hydrogen) atoms. The number of aryl methyl sites for hydroxylation is 1. The lowest BCUT2D eigenvalue weighted by atomic mass is 9.97. The van der Waals surface area contributed by atoms with Crippen molar-refractivity contribution in [3.05, 3.63) is 12.4 Å². The third-order valence-corrected chi connectivity index (χ3v) is 4.46. The summed E-state index contributed by atoms with van der Waals surface area (Å²) in [7, 11) is 1.81. The Hall–Kier alpha value is -1.89. The van der Waals surface area contributed by atoms with Crippen LogP contribution in [0.15, 0.2) is 12.4 Å². The van der Waals surface area contributed by atoms with E-state index in [1.165, 1.54) is 0 Å². The molecular formula is C14H21N5O2. The van der Waals surface area contributed by atoms with E-state index in [2.05, 4.69) is 10.4 Å². The largest absolute Gasteiger partial charge is 0.343 e. The molecule has 1 unspecified atom stereocenters. The van der Waals surface area contributed by atoms with E-state index in [0.29, 0.717) is 25.8 Å². The molecule has 3 rings (SSSR count). The van der Waals surface area contributed by atoms with E-state index in [0.717, 1.165) is 18.5 Å². The summed E-state index contributed by atoms with van der Waals surface area (Å²) in [5, 5.41) is 6.91. The molecule has 2 aliphatic rings. The second kappa shape index (κ2) is 5.14. The summed E-state index contributed by atoms with van der Waals surface area (Å²) in [6.07, 6.45) is 7.41. The van der Waals surface area contributed by atoms with E-state index in [1.54, 1.807) is 22.0 Å². The van der Waals surface area contributed by atoms with Crippen molar-refractivity contribution in [2.75, 3.05) is 11.4 Å². The molecule has 1 aliphatic heterocycles. The average Bonchev–Trinajstić information content (AvgIpc) is 3.14. The average molecular weight is 291 g/mol. The lowest BCUT2D eigenvalue weighted by Gasteiger charge is -2.24. The number of amides is 2. The van der Waals surface area contributed by atoms with Crippen LogP contribution in [0.2, 0.25) is 0 Å². The zero-order valence-electron chi connectivity index (χ0n) is 12.2. The van der Waals surface area contributed by atoms with Gasteiger partial charge in [0.15, 0.2) is 0 Å². The van der Waals surface area contributed by atoms with E-state index < -0.39 is 11.6 Å². The van der Waals surface area contributed by atoms with E-state index in [-0.39, 0.29) is 11.8 Å². The van der Waals surface area contributed by atoms with Crippen LogP contribution in [-0.4, -0.2) is 39.7 Å². The molecule has 0 spiro atoms. The normalized spacial score (nSPS) is 24.6. The van der Waals surface area contributed by atoms with Crippen LogP contribution in [0.4, 0.5) is 5.69 Å². The Kier molecular flexibility index (Phi) is 3.44. The minimum Gasteiger partial charge on any atom is -0.343 e. The molecule has 2 amide bonds. The van der Waals surface area contributed by atoms with Gasteiger partial charge in [-0.15, -0.1) is 0 Å². The molecule has 7 nitrogen and oxygen atoms in total. The van der Waals surface area contributed by atoms with Crippen LogP contribution in [0.5, 0.6) is 0 Å². The van der Waals surface area contributed by atoms with Crippen molar-refractivity contribution < 1.29 is 9.59 Å². The van der Waals surface area contributed by atoms with Gasteiger partial charge in [0.25, 0.3) is 0 Å². The summed E-state index contributed by atoms with van der Waals surface area (Å²) < 4.78 is 1.65. The van der Waals surface area contributed by atoms with Crippen LogP contribution in [0.1, 0.15) is 32.1 Å². The number of nitrogens with two attached hydrogens (primary N) is 1. The smallest absolute Gasteiger partial charge is 0.249 e. The third kappa shape index (κ3) is 2.53. The number of carbonyl (C=O) groups excluding carboxylic acids is 2. The molecule has 2 heterocycles. The molecule has 1 saturated carbocycles. The molecule has 3 N–H and O–H groups in total. The summed E-state index contributed by atoms with van der Waals surface area (Å²) in [4.78, 5) is 26.4. The Morgan fingerprint density at radius 3 is 2.81 bits per heavy atom. The van der Waals surface area contributed by atoms with Crippen LogP contribution in [-0.2, 0) is 16.6 Å². The summed E-state index contributed by atoms with van der Waals surface area (Å²) in [5.41, 5.74) is 6.10. The van der Waals surface area contributed by atoms with Crippen LogP contribution in [0.25, 0.3) is 0 Å². The Balaban J connectivity index is 1.65. The number of hydrogen-bond acceptors (Lipinski definition) is 4. The van der Waals surface area contributed by atoms with Crippen LogP contribution >= 0.6 is 0 Å². The molecular weight excluding hydrogens is 270 g/mol. The summed E-state index contributed by atoms with van der Waals surface area (Å²) in [6, 6.07) is -0.473. The number of nitrogens with one attached hydrogen (secondary N) is 1. The standard InChI is InChI=1S/C14H21N5O2/c1-18-9-10(8-16-18)19-7-4-11(12(19)20)17-13(21)14(15)5-2-3-6-14/h8-9,11H,2-7,15H2,1H3,(H,17,21). The molecule has 114 valence electrons. The first-order valence-electron chi connectivity index (χ1n) is 7.39. The molecule has 1 aromatic heterocycles. The van der Waals surface area contributed by atoms with E-state index >= 15 is 0 Å². The maximum atomic E-state index is 12.4. The van der Waals surface area contributed by atoms with Gasteiger partial charge in [0.1, 0.15) is 6.04 Å². The van der Waals surface area contributed by atoms with Gasteiger partial charge < -0.3 is 16.0 Å². The van der Waals surface area contributed by atoms with Crippen molar-refractivity contribution >= 4 is 17.5 Å². The second-order valence-electron chi connectivity index (χ2n) is 6.04. The Morgan fingerprint density at radius 2 is 2.19 bits per heavy atom. The topological polar surface area (TPSA) is 93.2 Å². The monoisotopic (exact) mass is 291 g/mol. The predicted molar refractivity (Wildman–Crippen MR) is 77.5 cm³/mol. The zero-order valence-corrected chi connectivity index (χ0v) is 12.2. The third-order valence-electron chi connectivity index (χ3n) is 4.46. The first-order valence-corrected chi connectivity index (χ1v) is 7.39. The number of anilines is 1. The van der Waals surface area contributed by atoms with Gasteiger partial charge in [-0.25, -0.2) is 0 Å². The van der Waals surface area contributed by atoms with Gasteiger partial charge in [-0.1, -0.05) is 12.8 Å². The van der Waals surface area contributed by atoms with Crippen molar-refractivity contribution in [1.29, 1.82) is 0 Å². The highest BCUT2D eigenvalue weighted by molar-refractivity contribution is 6.02. The fourth-order valence-corrected chi connectivity index (χ4v) is 3.15. The SMILES string of the molecule is Cn1cc(N2CCC(NC(=O)C3(N)CCCC3)C2=O)cn1. The molecule has 1 saturated heterocycles. The Bertz CT molecular complexity index is 561. The fourth-order valence-electron chi connectivity index (χ4n) is 3.15. The fraction of sp³-hybridized carbons (Fsp3) is 0.643. The highest BCUT2D eigenvalue weighted by atomic mass is 16.2. The number of aromatic nitrogens is 2. The minimum atomic E-state index is -0.790. The van der Waals surface area contributed by atoms with Gasteiger partial charge in [-0.2, -0.15) is 5.10 Å². The van der Waals surface area contributed by atoms with Crippen LogP contribution in [0.3, 0.4) is 0 Å². The Morgan fingerprint density at radius 1 is 1.48 bits per heavy atom. The van der Waals surface area contributed by atoms with E-state index in [9.17, 15) is 9.59 Å².